The van der Waals surface area contributed by atoms with Crippen LogP contribution in [0.15, 0.2) is 18.2 Å². The molecule has 1 aromatic rings. The topological polar surface area (TPSA) is 151 Å². The van der Waals surface area contributed by atoms with Crippen LogP contribution in [0.25, 0.3) is 0 Å². The van der Waals surface area contributed by atoms with E-state index in [9.17, 15) is 63.5 Å². The van der Waals surface area contributed by atoms with Gasteiger partial charge in [0.25, 0.3) is 5.78 Å². The third-order valence-electron chi connectivity index (χ3n) is 4.25. The van der Waals surface area contributed by atoms with Crippen molar-refractivity contribution in [1.29, 1.82) is 0 Å². The van der Waals surface area contributed by atoms with Crippen LogP contribution >= 0.6 is 0 Å². The number of Topliss-reactive ketones (excluding diaryl/α,β-unsaturated/α-hetero) is 2. The Morgan fingerprint density at radius 3 is 1.84 bits per heavy atom. The summed E-state index contributed by atoms with van der Waals surface area (Å²) >= 11 is 0. The monoisotopic (exact) mass is 642 g/mol. The van der Waals surface area contributed by atoms with E-state index < -0.39 is 90.0 Å². The Kier molecular flexibility index (Phi) is 13.7. The fourth-order valence-electron chi connectivity index (χ4n) is 2.54. The lowest BCUT2D eigenvalue weighted by Gasteiger charge is -2.29. The maximum atomic E-state index is 14.7. The number of benzene rings is 1. The normalized spacial score (nSPS) is 13.5. The van der Waals surface area contributed by atoms with Crippen LogP contribution in [-0.4, -0.2) is 72.8 Å². The lowest BCUT2D eigenvalue weighted by Crippen LogP contribution is -2.53. The van der Waals surface area contributed by atoms with Crippen LogP contribution in [0.2, 0.25) is 0 Å². The first-order valence-corrected chi connectivity index (χ1v) is 11.6. The largest absolute Gasteiger partial charge is 0.471 e. The van der Waals surface area contributed by atoms with Gasteiger partial charge in [-0.15, -0.1) is 0 Å². The first-order valence-electron chi connectivity index (χ1n) is 11.6. The molecule has 0 heterocycles. The second-order valence-corrected chi connectivity index (χ2v) is 9.49. The molecule has 0 bridgehead atoms. The number of anilines is 1. The number of methoxy groups -OCH3 is 1. The van der Waals surface area contributed by atoms with E-state index in [1.54, 1.807) is 0 Å². The Balaban J connectivity index is 0.00000324. The van der Waals surface area contributed by atoms with Crippen LogP contribution in [0.3, 0.4) is 0 Å². The molecule has 2 atom stereocenters. The van der Waals surface area contributed by atoms with Crippen LogP contribution in [0, 0.1) is 0 Å². The Morgan fingerprint density at radius 2 is 1.42 bits per heavy atom. The van der Waals surface area contributed by atoms with Crippen molar-refractivity contribution in [2.24, 2.45) is 5.73 Å². The summed E-state index contributed by atoms with van der Waals surface area (Å²) in [6.07, 6.45) is -26.3. The summed E-state index contributed by atoms with van der Waals surface area (Å²) in [5.41, 5.74) is 3.48. The maximum absolute atomic E-state index is 14.7. The van der Waals surface area contributed by atoms with Crippen LogP contribution < -0.4 is 15.8 Å². The third-order valence-corrected chi connectivity index (χ3v) is 4.25. The number of hydrogen-bond donors (Lipinski definition) is 2. The molecule has 1 rings (SSSR count). The molecule has 10 nitrogen and oxygen atoms in total. The van der Waals surface area contributed by atoms with Gasteiger partial charge in [0.05, 0.1) is 19.1 Å². The molecule has 0 aliphatic rings. The van der Waals surface area contributed by atoms with Crippen LogP contribution in [0.1, 0.15) is 50.9 Å². The second-order valence-electron chi connectivity index (χ2n) is 9.49. The van der Waals surface area contributed by atoms with Crippen molar-refractivity contribution in [3.63, 3.8) is 0 Å². The molecular formula is C24H27F9N2O8. The summed E-state index contributed by atoms with van der Waals surface area (Å²) in [5.74, 6) is -11.3. The molecule has 0 saturated heterocycles. The van der Waals surface area contributed by atoms with Gasteiger partial charge in [0.15, 0.2) is 5.78 Å². The van der Waals surface area contributed by atoms with Gasteiger partial charge < -0.3 is 25.3 Å². The van der Waals surface area contributed by atoms with Crippen molar-refractivity contribution >= 4 is 35.1 Å². The number of carbonyl (C=O) groups is 5. The highest BCUT2D eigenvalue weighted by molar-refractivity contribution is 6.02. The number of esters is 2. The fraction of sp³-hybridized carbons (Fsp3) is 0.542. The molecule has 0 saturated carbocycles. The highest BCUT2D eigenvalue weighted by atomic mass is 19.4. The third kappa shape index (κ3) is 14.2. The molecule has 0 spiro atoms. The minimum atomic E-state index is -5.98. The molecule has 1 amide bonds. The van der Waals surface area contributed by atoms with E-state index in [4.69, 9.17) is 5.73 Å². The summed E-state index contributed by atoms with van der Waals surface area (Å²) in [4.78, 5) is 57.2. The number of nitrogens with one attached hydrogen (secondary N) is 1. The van der Waals surface area contributed by atoms with Gasteiger partial charge in [-0.1, -0.05) is 0 Å². The fourth-order valence-corrected chi connectivity index (χ4v) is 2.54. The van der Waals surface area contributed by atoms with Crippen molar-refractivity contribution in [1.82, 2.24) is 0 Å². The molecule has 0 aliphatic heterocycles. The minimum absolute atomic E-state index is 0. The smallest absolute Gasteiger partial charge is 0.469 e. The van der Waals surface area contributed by atoms with Gasteiger partial charge in [0.1, 0.15) is 5.75 Å². The summed E-state index contributed by atoms with van der Waals surface area (Å²) in [6, 6.07) is 1.21. The number of nitrogens with two attached hydrogens (primary N) is 1. The van der Waals surface area contributed by atoms with E-state index in [-0.39, 0.29) is 5.54 Å². The second kappa shape index (κ2) is 15.0. The molecule has 0 aliphatic carbocycles. The van der Waals surface area contributed by atoms with Crippen molar-refractivity contribution in [2.75, 3.05) is 12.4 Å². The van der Waals surface area contributed by atoms with E-state index in [1.165, 1.54) is 5.32 Å². The van der Waals surface area contributed by atoms with E-state index in [2.05, 4.69) is 14.2 Å². The van der Waals surface area contributed by atoms with Crippen molar-refractivity contribution < 1.29 is 77.7 Å². The molecule has 0 aromatic heterocycles. The van der Waals surface area contributed by atoms with Crippen LogP contribution in [0.4, 0.5) is 45.2 Å². The number of hydrogen-bond acceptors (Lipinski definition) is 9. The van der Waals surface area contributed by atoms with E-state index >= 15 is 0 Å². The quantitative estimate of drug-likeness (QED) is 0.203. The van der Waals surface area contributed by atoms with Gasteiger partial charge in [-0.05, 0) is 39.0 Å². The lowest BCUT2D eigenvalue weighted by atomic mass is 10.0. The molecule has 1 aromatic carbocycles. The molecular weight excluding hydrogens is 615 g/mol. The zero-order valence-electron chi connectivity index (χ0n) is 23.0. The van der Waals surface area contributed by atoms with E-state index in [0.717, 1.165) is 7.11 Å². The number of carbonyl (C=O) groups excluding carboxylic acids is 5. The average molecular weight is 642 g/mol. The Morgan fingerprint density at radius 1 is 0.907 bits per heavy atom. The summed E-state index contributed by atoms with van der Waals surface area (Å²) in [7, 11) is 0.917. The van der Waals surface area contributed by atoms with Gasteiger partial charge in [0, 0.05) is 24.6 Å². The minimum Gasteiger partial charge on any atom is -0.469 e. The number of ketones is 2. The number of halogens is 9. The first kappa shape index (κ1) is 39.1. The lowest BCUT2D eigenvalue weighted by molar-refractivity contribution is -0.263. The molecule has 0 radical (unpaired) electrons. The van der Waals surface area contributed by atoms with E-state index in [1.807, 2.05) is 20.8 Å². The number of rotatable bonds is 11. The molecule has 244 valence electrons. The molecule has 0 fully saturated rings. The predicted octanol–water partition coefficient (Wildman–Crippen LogP) is 4.44. The van der Waals surface area contributed by atoms with Gasteiger partial charge in [-0.3, -0.25) is 24.0 Å². The standard InChI is InChI=1S/C20H16F9NO8.C4H11N/c1-8(31)37-16(14(21)15(34)18(22,23)24)20(28,29)38-12-5-3-9(30-17(35)19(25,26)27)7-10(12)11(32)4-6-13(33)36-2;1-4(2,3)5/h3,5,7,14,16H,4,6H2,1-2H3,(H,30,35);5H2,1-3H3. The van der Waals surface area contributed by atoms with Crippen LogP contribution in [0.5, 0.6) is 5.75 Å². The highest BCUT2D eigenvalue weighted by Crippen LogP contribution is 2.35. The Hall–Kier alpha value is -3.90. The average Bonchev–Trinajstić information content (AvgIpc) is 2.83. The van der Waals surface area contributed by atoms with Gasteiger partial charge in [-0.2, -0.15) is 35.1 Å². The highest BCUT2D eigenvalue weighted by Gasteiger charge is 2.58. The number of ether oxygens (including phenoxy) is 3. The summed E-state index contributed by atoms with van der Waals surface area (Å²) < 4.78 is 131. The molecule has 2 unspecified atom stereocenters. The van der Waals surface area contributed by atoms with E-state index in [0.29, 0.717) is 25.1 Å². The molecule has 19 heteroatoms. The van der Waals surface area contributed by atoms with Crippen molar-refractivity contribution in [3.05, 3.63) is 23.8 Å². The predicted molar refractivity (Wildman–Crippen MR) is 128 cm³/mol. The zero-order chi connectivity index (χ0) is 34.1. The summed E-state index contributed by atoms with van der Waals surface area (Å²) in [6.45, 7) is 6.28. The molecule has 3 N–H and O–H groups in total. The maximum Gasteiger partial charge on any atom is 0.471 e. The Labute approximate surface area is 238 Å². The molecule has 43 heavy (non-hydrogen) atoms. The van der Waals surface area contributed by atoms with Gasteiger partial charge in [-0.25, -0.2) is 4.39 Å². The van der Waals surface area contributed by atoms with Gasteiger partial charge >= 0.3 is 36.3 Å². The van der Waals surface area contributed by atoms with Crippen molar-refractivity contribution in [3.8, 4) is 5.75 Å². The Bertz CT molecular complexity index is 1170. The SMILES string of the molecule is CC(C)(C)N.COC(=O)CCC(=O)c1cc(NC(=O)C(F)(F)F)ccc1OC(F)(F)C(OC(C)=O)C(F)C(=O)C(F)(F)F. The summed E-state index contributed by atoms with van der Waals surface area (Å²) in [5, 5.41) is 1.29. The van der Waals surface area contributed by atoms with Gasteiger partial charge in [0.2, 0.25) is 12.3 Å². The van der Waals surface area contributed by atoms with Crippen LogP contribution in [-0.2, 0) is 28.7 Å². The number of amides is 1. The van der Waals surface area contributed by atoms with Crippen molar-refractivity contribution in [2.45, 2.75) is 76.8 Å². The number of alkyl halides is 9. The first-order chi connectivity index (χ1) is 19.2. The zero-order valence-corrected chi connectivity index (χ0v) is 23.0.